The Morgan fingerprint density at radius 1 is 1.30 bits per heavy atom. The van der Waals surface area contributed by atoms with Gasteiger partial charge in [-0.25, -0.2) is 0 Å². The van der Waals surface area contributed by atoms with Gasteiger partial charge in [0.2, 0.25) is 0 Å². The molecule has 0 saturated carbocycles. The van der Waals surface area contributed by atoms with Gasteiger partial charge in [0.25, 0.3) is 0 Å². The Labute approximate surface area is 63.6 Å². The lowest BCUT2D eigenvalue weighted by atomic mass is 10.3. The van der Waals surface area contributed by atoms with Crippen molar-refractivity contribution in [2.24, 2.45) is 0 Å². The molecule has 0 aliphatic rings. The highest BCUT2D eigenvalue weighted by atomic mass is 14.9. The lowest BCUT2D eigenvalue weighted by molar-refractivity contribution is 0.980. The van der Waals surface area contributed by atoms with Crippen molar-refractivity contribution in [3.63, 3.8) is 0 Å². The second kappa shape index (κ2) is 3.94. The third-order valence-electron chi connectivity index (χ3n) is 1.35. The fraction of sp³-hybridized carbons (Fsp3) is 0.333. The highest BCUT2D eigenvalue weighted by Crippen LogP contribution is 2.03. The van der Waals surface area contributed by atoms with Crippen LogP contribution in [0.2, 0.25) is 0 Å². The van der Waals surface area contributed by atoms with Gasteiger partial charge in [-0.3, -0.25) is 0 Å². The van der Waals surface area contributed by atoms with E-state index in [1.54, 1.807) is 0 Å². The molecule has 1 nitrogen and oxygen atoms in total. The van der Waals surface area contributed by atoms with E-state index in [2.05, 4.69) is 24.4 Å². The van der Waals surface area contributed by atoms with Crippen LogP contribution in [0.4, 0.5) is 5.69 Å². The molecule has 0 atom stereocenters. The van der Waals surface area contributed by atoms with Crippen LogP contribution in [0.25, 0.3) is 0 Å². The molecular weight excluding hydrogens is 122 g/mol. The van der Waals surface area contributed by atoms with Crippen molar-refractivity contribution >= 4 is 5.69 Å². The van der Waals surface area contributed by atoms with E-state index < -0.39 is 0 Å². The van der Waals surface area contributed by atoms with Crippen molar-refractivity contribution in [1.29, 1.82) is 0 Å². The van der Waals surface area contributed by atoms with Gasteiger partial charge >= 0.3 is 0 Å². The molecule has 1 aromatic rings. The van der Waals surface area contributed by atoms with Crippen molar-refractivity contribution in [2.45, 2.75) is 13.3 Å². The smallest absolute Gasteiger partial charge is 0.0340 e. The number of hydrogen-bond acceptors (Lipinski definition) is 1. The van der Waals surface area contributed by atoms with Gasteiger partial charge in [0.05, 0.1) is 0 Å². The summed E-state index contributed by atoms with van der Waals surface area (Å²) in [6, 6.07) is 10.3. The number of hydrogen-bond donors (Lipinski definition) is 1. The first-order valence-electron chi connectivity index (χ1n) is 3.72. The molecule has 0 aliphatic carbocycles. The summed E-state index contributed by atoms with van der Waals surface area (Å²) < 4.78 is 0. The van der Waals surface area contributed by atoms with Crippen molar-refractivity contribution in [3.8, 4) is 0 Å². The zero-order chi connectivity index (χ0) is 7.23. The molecule has 0 spiro atoms. The Morgan fingerprint density at radius 3 is 2.60 bits per heavy atom. The maximum atomic E-state index is 3.29. The Hall–Kier alpha value is -0.980. The van der Waals surface area contributed by atoms with Crippen LogP contribution in [-0.4, -0.2) is 6.54 Å². The van der Waals surface area contributed by atoms with Gasteiger partial charge in [-0.1, -0.05) is 25.1 Å². The van der Waals surface area contributed by atoms with Crippen LogP contribution in [0, 0.1) is 0 Å². The number of rotatable bonds is 3. The molecule has 0 heterocycles. The Balaban J connectivity index is 0.000001000. The standard InChI is InChI=1S/C9H13N.H2/c1-2-8-10-9-6-4-3-5-7-9;/h3-7,10H,2,8H2,1H3;1H. The van der Waals surface area contributed by atoms with Crippen LogP contribution in [-0.2, 0) is 0 Å². The van der Waals surface area contributed by atoms with E-state index in [0.29, 0.717) is 0 Å². The Morgan fingerprint density at radius 2 is 2.00 bits per heavy atom. The fourth-order valence-electron chi connectivity index (χ4n) is 0.825. The van der Waals surface area contributed by atoms with Gasteiger partial charge in [0.15, 0.2) is 0 Å². The average Bonchev–Trinajstić information content (AvgIpc) is 2.03. The summed E-state index contributed by atoms with van der Waals surface area (Å²) in [5.41, 5.74) is 1.21. The minimum absolute atomic E-state index is 0. The summed E-state index contributed by atoms with van der Waals surface area (Å²) in [6.45, 7) is 3.22. The van der Waals surface area contributed by atoms with Gasteiger partial charge < -0.3 is 5.32 Å². The minimum atomic E-state index is 0. The molecular formula is C9H15N. The summed E-state index contributed by atoms with van der Waals surface area (Å²) >= 11 is 0. The number of para-hydroxylation sites is 1. The lowest BCUT2D eigenvalue weighted by Crippen LogP contribution is -1.98. The number of benzene rings is 1. The zero-order valence-corrected chi connectivity index (χ0v) is 6.30. The molecule has 10 heavy (non-hydrogen) atoms. The first-order chi connectivity index (χ1) is 4.93. The molecule has 1 N–H and O–H groups in total. The van der Waals surface area contributed by atoms with E-state index in [0.717, 1.165) is 6.54 Å². The monoisotopic (exact) mass is 137 g/mol. The average molecular weight is 137 g/mol. The van der Waals surface area contributed by atoms with Crippen molar-refractivity contribution in [1.82, 2.24) is 0 Å². The van der Waals surface area contributed by atoms with E-state index in [4.69, 9.17) is 0 Å². The minimum Gasteiger partial charge on any atom is -0.385 e. The summed E-state index contributed by atoms with van der Waals surface area (Å²) in [4.78, 5) is 0. The molecule has 1 aromatic carbocycles. The van der Waals surface area contributed by atoms with Crippen LogP contribution in [0.5, 0.6) is 0 Å². The second-order valence-electron chi connectivity index (χ2n) is 2.29. The van der Waals surface area contributed by atoms with E-state index >= 15 is 0 Å². The molecule has 0 amide bonds. The summed E-state index contributed by atoms with van der Waals surface area (Å²) in [5, 5.41) is 3.29. The van der Waals surface area contributed by atoms with Gasteiger partial charge in [0.1, 0.15) is 0 Å². The zero-order valence-electron chi connectivity index (χ0n) is 6.30. The predicted octanol–water partition coefficient (Wildman–Crippen LogP) is 2.75. The number of anilines is 1. The highest BCUT2D eigenvalue weighted by Gasteiger charge is 1.84. The fourth-order valence-corrected chi connectivity index (χ4v) is 0.825. The topological polar surface area (TPSA) is 12.0 Å². The molecule has 56 valence electrons. The second-order valence-corrected chi connectivity index (χ2v) is 2.29. The molecule has 0 aromatic heterocycles. The highest BCUT2D eigenvalue weighted by molar-refractivity contribution is 5.42. The molecule has 0 bridgehead atoms. The van der Waals surface area contributed by atoms with Gasteiger partial charge in [-0.15, -0.1) is 0 Å². The summed E-state index contributed by atoms with van der Waals surface area (Å²) in [6.07, 6.45) is 1.18. The molecule has 1 heteroatoms. The largest absolute Gasteiger partial charge is 0.385 e. The first-order valence-corrected chi connectivity index (χ1v) is 3.72. The molecule has 0 fully saturated rings. The summed E-state index contributed by atoms with van der Waals surface area (Å²) in [5.74, 6) is 0. The molecule has 0 radical (unpaired) electrons. The normalized spacial score (nSPS) is 9.30. The van der Waals surface area contributed by atoms with E-state index in [1.165, 1.54) is 12.1 Å². The third-order valence-corrected chi connectivity index (χ3v) is 1.35. The van der Waals surface area contributed by atoms with Crippen LogP contribution in [0.1, 0.15) is 14.8 Å². The quantitative estimate of drug-likeness (QED) is 0.675. The van der Waals surface area contributed by atoms with Crippen molar-refractivity contribution in [3.05, 3.63) is 30.3 Å². The third kappa shape index (κ3) is 2.09. The van der Waals surface area contributed by atoms with Crippen LogP contribution in [0.15, 0.2) is 30.3 Å². The summed E-state index contributed by atoms with van der Waals surface area (Å²) in [7, 11) is 0. The van der Waals surface area contributed by atoms with Crippen LogP contribution < -0.4 is 5.32 Å². The Bertz CT molecular complexity index is 174. The van der Waals surface area contributed by atoms with E-state index in [9.17, 15) is 0 Å². The molecule has 0 saturated heterocycles. The maximum absolute atomic E-state index is 3.29. The number of nitrogens with one attached hydrogen (secondary N) is 1. The maximum Gasteiger partial charge on any atom is 0.0340 e. The first kappa shape index (κ1) is 7.13. The molecule has 0 aliphatic heterocycles. The SMILES string of the molecule is CCCNc1ccccc1.[HH]. The van der Waals surface area contributed by atoms with Gasteiger partial charge in [0, 0.05) is 13.7 Å². The van der Waals surface area contributed by atoms with E-state index in [-0.39, 0.29) is 1.43 Å². The Kier molecular flexibility index (Phi) is 2.81. The van der Waals surface area contributed by atoms with Crippen molar-refractivity contribution in [2.75, 3.05) is 11.9 Å². The van der Waals surface area contributed by atoms with Gasteiger partial charge in [-0.2, -0.15) is 0 Å². The lowest BCUT2D eigenvalue weighted by Gasteiger charge is -2.01. The van der Waals surface area contributed by atoms with Gasteiger partial charge in [-0.05, 0) is 18.6 Å². The van der Waals surface area contributed by atoms with E-state index in [1.807, 2.05) is 18.2 Å². The predicted molar refractivity (Wildman–Crippen MR) is 47.3 cm³/mol. The molecule has 1 rings (SSSR count). The molecule has 0 unspecified atom stereocenters. The van der Waals surface area contributed by atoms with Crippen LogP contribution in [0.3, 0.4) is 0 Å². The van der Waals surface area contributed by atoms with Crippen LogP contribution >= 0.6 is 0 Å². The van der Waals surface area contributed by atoms with Crippen molar-refractivity contribution < 1.29 is 1.43 Å².